The summed E-state index contributed by atoms with van der Waals surface area (Å²) in [6.45, 7) is 5.49. The summed E-state index contributed by atoms with van der Waals surface area (Å²) in [5.41, 5.74) is 0.0968. The molecule has 0 unspecified atom stereocenters. The smallest absolute Gasteiger partial charge is 0.119 e. The van der Waals surface area contributed by atoms with Crippen molar-refractivity contribution in [3.05, 3.63) is 0 Å². The first-order valence-corrected chi connectivity index (χ1v) is 5.62. The van der Waals surface area contributed by atoms with E-state index < -0.39 is 0 Å². The van der Waals surface area contributed by atoms with Gasteiger partial charge in [-0.25, -0.2) is 0 Å². The average Bonchev–Trinajstić information content (AvgIpc) is 2.63. The molecule has 0 aromatic rings. The molecule has 0 aromatic heterocycles. The average molecular weight is 183 g/mol. The van der Waals surface area contributed by atoms with E-state index in [2.05, 4.69) is 19.2 Å². The molecule has 0 amide bonds. The molecular formula is C11H21NO. The number of hydrogen-bond acceptors (Lipinski definition) is 2. The molecule has 0 bridgehead atoms. The van der Waals surface area contributed by atoms with Crippen LogP contribution in [0.2, 0.25) is 0 Å². The van der Waals surface area contributed by atoms with Crippen LogP contribution in [-0.4, -0.2) is 18.4 Å². The van der Waals surface area contributed by atoms with Gasteiger partial charge in [0, 0.05) is 6.04 Å². The fraction of sp³-hybridized carbons (Fsp3) is 1.00. The molecule has 2 fully saturated rings. The Bertz CT molecular complexity index is 173. The van der Waals surface area contributed by atoms with E-state index in [-0.39, 0.29) is 5.72 Å². The molecule has 1 heterocycles. The molecule has 13 heavy (non-hydrogen) atoms. The molecule has 76 valence electrons. The Hall–Kier alpha value is -0.0800. The van der Waals surface area contributed by atoms with Crippen LogP contribution < -0.4 is 5.32 Å². The van der Waals surface area contributed by atoms with Gasteiger partial charge in [-0.05, 0) is 38.0 Å². The van der Waals surface area contributed by atoms with E-state index in [9.17, 15) is 0 Å². The number of hydrogen-bond donors (Lipinski definition) is 1. The van der Waals surface area contributed by atoms with Crippen LogP contribution in [-0.2, 0) is 4.74 Å². The molecule has 1 saturated heterocycles. The molecule has 1 aliphatic carbocycles. The van der Waals surface area contributed by atoms with Crippen LogP contribution in [0, 0.1) is 5.92 Å². The van der Waals surface area contributed by atoms with Gasteiger partial charge in [0.2, 0.25) is 0 Å². The van der Waals surface area contributed by atoms with Crippen LogP contribution in [0.5, 0.6) is 0 Å². The molecule has 2 aliphatic rings. The lowest BCUT2D eigenvalue weighted by atomic mass is 10.0. The maximum Gasteiger partial charge on any atom is 0.119 e. The predicted octanol–water partition coefficient (Wildman–Crippen LogP) is 2.29. The zero-order valence-corrected chi connectivity index (χ0v) is 8.81. The number of rotatable bonds is 2. The monoisotopic (exact) mass is 183 g/mol. The molecule has 1 N–H and O–H groups in total. The predicted molar refractivity (Wildman–Crippen MR) is 53.5 cm³/mol. The second-order valence-corrected chi connectivity index (χ2v) is 4.98. The van der Waals surface area contributed by atoms with Crippen molar-refractivity contribution in [2.75, 3.05) is 6.61 Å². The highest BCUT2D eigenvalue weighted by Gasteiger charge is 2.41. The molecule has 0 aromatic carbocycles. The zero-order valence-electron chi connectivity index (χ0n) is 8.81. The summed E-state index contributed by atoms with van der Waals surface area (Å²) in [6.07, 6.45) is 6.37. The van der Waals surface area contributed by atoms with Gasteiger partial charge in [-0.2, -0.15) is 0 Å². The van der Waals surface area contributed by atoms with E-state index in [1.807, 2.05) is 0 Å². The van der Waals surface area contributed by atoms with E-state index in [1.165, 1.54) is 32.1 Å². The summed E-state index contributed by atoms with van der Waals surface area (Å²) in [4.78, 5) is 0. The first-order chi connectivity index (χ1) is 6.20. The van der Waals surface area contributed by atoms with Crippen molar-refractivity contribution >= 4 is 0 Å². The highest BCUT2D eigenvalue weighted by molar-refractivity contribution is 4.92. The Morgan fingerprint density at radius 3 is 2.69 bits per heavy atom. The topological polar surface area (TPSA) is 21.3 Å². The third-order valence-corrected chi connectivity index (χ3v) is 3.20. The highest BCUT2D eigenvalue weighted by atomic mass is 16.5. The molecule has 2 heteroatoms. The lowest BCUT2D eigenvalue weighted by Crippen LogP contribution is -2.41. The standard InChI is InChI=1S/C11H21NO/c1-9(2)7-10-8-13-11(12-10)5-3-4-6-11/h9-10,12H,3-8H2,1-2H3/t10-/m0/s1. The van der Waals surface area contributed by atoms with E-state index in [0.717, 1.165) is 12.5 Å². The molecule has 2 rings (SSSR count). The third-order valence-electron chi connectivity index (χ3n) is 3.20. The summed E-state index contributed by atoms with van der Waals surface area (Å²) in [5.74, 6) is 0.776. The Labute approximate surface area is 81.0 Å². The van der Waals surface area contributed by atoms with Crippen LogP contribution in [0.4, 0.5) is 0 Å². The Morgan fingerprint density at radius 2 is 2.08 bits per heavy atom. The maximum atomic E-state index is 5.90. The summed E-state index contributed by atoms with van der Waals surface area (Å²) in [7, 11) is 0. The van der Waals surface area contributed by atoms with Gasteiger partial charge < -0.3 is 4.74 Å². The first kappa shape index (κ1) is 9.47. The van der Waals surface area contributed by atoms with Crippen LogP contribution >= 0.6 is 0 Å². The Kier molecular flexibility index (Phi) is 2.61. The van der Waals surface area contributed by atoms with Crippen molar-refractivity contribution < 1.29 is 4.74 Å². The Balaban J connectivity index is 1.86. The molecule has 0 radical (unpaired) electrons. The number of nitrogens with one attached hydrogen (secondary N) is 1. The molecular weight excluding hydrogens is 162 g/mol. The number of ether oxygens (including phenoxy) is 1. The van der Waals surface area contributed by atoms with Crippen LogP contribution in [0.1, 0.15) is 46.0 Å². The lowest BCUT2D eigenvalue weighted by molar-refractivity contribution is -0.00360. The summed E-state index contributed by atoms with van der Waals surface area (Å²) < 4.78 is 5.90. The van der Waals surface area contributed by atoms with Crippen LogP contribution in [0.3, 0.4) is 0 Å². The molecule has 1 atom stereocenters. The Morgan fingerprint density at radius 1 is 1.38 bits per heavy atom. The van der Waals surface area contributed by atoms with Gasteiger partial charge in [0.15, 0.2) is 0 Å². The van der Waals surface area contributed by atoms with Crippen molar-refractivity contribution in [3.63, 3.8) is 0 Å². The van der Waals surface area contributed by atoms with Gasteiger partial charge in [0.1, 0.15) is 5.72 Å². The minimum atomic E-state index is 0.0968. The van der Waals surface area contributed by atoms with Gasteiger partial charge in [-0.1, -0.05) is 13.8 Å². The maximum absolute atomic E-state index is 5.90. The molecule has 1 aliphatic heterocycles. The van der Waals surface area contributed by atoms with Crippen molar-refractivity contribution in [3.8, 4) is 0 Å². The van der Waals surface area contributed by atoms with E-state index in [1.54, 1.807) is 0 Å². The van der Waals surface area contributed by atoms with Gasteiger partial charge in [-0.3, -0.25) is 5.32 Å². The molecule has 1 saturated carbocycles. The van der Waals surface area contributed by atoms with Crippen LogP contribution in [0.15, 0.2) is 0 Å². The quantitative estimate of drug-likeness (QED) is 0.709. The highest BCUT2D eigenvalue weighted by Crippen LogP contribution is 2.35. The summed E-state index contributed by atoms with van der Waals surface area (Å²) in [6, 6.07) is 0.609. The third kappa shape index (κ3) is 2.05. The van der Waals surface area contributed by atoms with Crippen molar-refractivity contribution in [1.82, 2.24) is 5.32 Å². The minimum Gasteiger partial charge on any atom is -0.359 e. The largest absolute Gasteiger partial charge is 0.359 e. The van der Waals surface area contributed by atoms with Gasteiger partial charge in [-0.15, -0.1) is 0 Å². The molecule has 2 nitrogen and oxygen atoms in total. The van der Waals surface area contributed by atoms with Crippen molar-refractivity contribution in [1.29, 1.82) is 0 Å². The van der Waals surface area contributed by atoms with E-state index in [0.29, 0.717) is 6.04 Å². The normalized spacial score (nSPS) is 32.1. The van der Waals surface area contributed by atoms with Crippen LogP contribution in [0.25, 0.3) is 0 Å². The van der Waals surface area contributed by atoms with E-state index >= 15 is 0 Å². The first-order valence-electron chi connectivity index (χ1n) is 5.62. The zero-order chi connectivity index (χ0) is 9.31. The minimum absolute atomic E-state index is 0.0968. The van der Waals surface area contributed by atoms with Crippen molar-refractivity contribution in [2.24, 2.45) is 5.92 Å². The molecule has 1 spiro atoms. The summed E-state index contributed by atoms with van der Waals surface area (Å²) in [5, 5.41) is 3.68. The lowest BCUT2D eigenvalue weighted by Gasteiger charge is -2.23. The summed E-state index contributed by atoms with van der Waals surface area (Å²) >= 11 is 0. The fourth-order valence-corrected chi connectivity index (χ4v) is 2.65. The fourth-order valence-electron chi connectivity index (χ4n) is 2.65. The second kappa shape index (κ2) is 3.58. The van der Waals surface area contributed by atoms with Gasteiger partial charge in [0.25, 0.3) is 0 Å². The van der Waals surface area contributed by atoms with Crippen molar-refractivity contribution in [2.45, 2.75) is 57.7 Å². The second-order valence-electron chi connectivity index (χ2n) is 4.98. The van der Waals surface area contributed by atoms with E-state index in [4.69, 9.17) is 4.74 Å². The SMILES string of the molecule is CC(C)C[C@H]1COC2(CCCC2)N1. The van der Waals surface area contributed by atoms with Gasteiger partial charge >= 0.3 is 0 Å². The van der Waals surface area contributed by atoms with Gasteiger partial charge in [0.05, 0.1) is 6.61 Å².